The third-order valence-electron chi connectivity index (χ3n) is 6.24. The lowest BCUT2D eigenvalue weighted by Gasteiger charge is -2.33. The molecule has 31 heavy (non-hydrogen) atoms. The summed E-state index contributed by atoms with van der Waals surface area (Å²) in [6.45, 7) is 3.05. The second-order valence-electron chi connectivity index (χ2n) is 8.93. The second-order valence-corrected chi connectivity index (χ2v) is 8.93. The van der Waals surface area contributed by atoms with E-state index in [1.165, 1.54) is 12.8 Å². The highest BCUT2D eigenvalue weighted by atomic mass is 19.3. The summed E-state index contributed by atoms with van der Waals surface area (Å²) < 4.78 is 36.9. The summed E-state index contributed by atoms with van der Waals surface area (Å²) in [4.78, 5) is 12.7. The normalized spacial score (nSPS) is 26.3. The highest BCUT2D eigenvalue weighted by Crippen LogP contribution is 2.38. The van der Waals surface area contributed by atoms with E-state index in [4.69, 9.17) is 9.47 Å². The van der Waals surface area contributed by atoms with Crippen LogP contribution in [0, 0.1) is 11.8 Å². The van der Waals surface area contributed by atoms with E-state index in [1.807, 2.05) is 18.0 Å². The first-order chi connectivity index (χ1) is 14.9. The highest BCUT2D eigenvalue weighted by Gasteiger charge is 2.42. The van der Waals surface area contributed by atoms with Crippen LogP contribution in [0.3, 0.4) is 0 Å². The second kappa shape index (κ2) is 9.67. The highest BCUT2D eigenvalue weighted by molar-refractivity contribution is 5.98. The number of hydrazine groups is 1. The molecule has 0 bridgehead atoms. The quantitative estimate of drug-likeness (QED) is 0.454. The number of carbonyl (C=O) groups excluding carboxylic acids is 1. The zero-order valence-electron chi connectivity index (χ0n) is 18.0. The topological polar surface area (TPSA) is 74.9 Å². The van der Waals surface area contributed by atoms with E-state index in [1.54, 1.807) is 12.3 Å². The van der Waals surface area contributed by atoms with Gasteiger partial charge in [0.15, 0.2) is 0 Å². The third kappa shape index (κ3) is 5.64. The number of ether oxygens (including phenoxy) is 2. The molecule has 2 aliphatic carbocycles. The third-order valence-corrected chi connectivity index (χ3v) is 6.24. The molecule has 1 saturated heterocycles. The van der Waals surface area contributed by atoms with Crippen molar-refractivity contribution in [1.29, 1.82) is 0 Å². The number of hydrogen-bond acceptors (Lipinski definition) is 6. The largest absolute Gasteiger partial charge is 0.434 e. The summed E-state index contributed by atoms with van der Waals surface area (Å²) in [7, 11) is 0. The first-order valence-electron chi connectivity index (χ1n) is 11.2. The van der Waals surface area contributed by atoms with Gasteiger partial charge < -0.3 is 25.1 Å². The number of piperidine rings is 1. The van der Waals surface area contributed by atoms with E-state index in [0.29, 0.717) is 37.2 Å². The lowest BCUT2D eigenvalue weighted by Crippen LogP contribution is -2.48. The Hall–Kier alpha value is -1.97. The molecule has 3 N–H and O–H groups in total. The predicted molar refractivity (Wildman–Crippen MR) is 112 cm³/mol. The van der Waals surface area contributed by atoms with E-state index in [0.717, 1.165) is 32.5 Å². The average molecular weight is 439 g/mol. The zero-order valence-corrected chi connectivity index (χ0v) is 18.0. The molecular weight excluding hydrogens is 406 g/mol. The molecule has 7 nitrogen and oxygen atoms in total. The summed E-state index contributed by atoms with van der Waals surface area (Å²) >= 11 is 0. The van der Waals surface area contributed by atoms with Gasteiger partial charge in [0.05, 0.1) is 17.7 Å². The Balaban J connectivity index is 1.44. The van der Waals surface area contributed by atoms with Crippen molar-refractivity contribution in [3.63, 3.8) is 0 Å². The standard InChI is InChI=1S/C22H32F2N4O3/c1-22-7-4-17(20(29)26-10-11-30-14-16-2-3-16)19(31-21(23)24)18(22)13-28(27-22)12-15-5-8-25-9-6-15/h4,7,13,15-16,21,25,27H,2-3,5-6,8-12,14H2,1H3,(H,26,29). The molecule has 0 spiro atoms. The SMILES string of the molecule is CC12C=CC(C(=O)NCCOCC3CC3)=C(OC(F)F)C1=CN(CC1CCNCC1)N2. The van der Waals surface area contributed by atoms with Gasteiger partial charge in [-0.25, -0.2) is 5.43 Å². The van der Waals surface area contributed by atoms with E-state index in [9.17, 15) is 13.6 Å². The van der Waals surface area contributed by atoms with Crippen LogP contribution in [-0.2, 0) is 14.3 Å². The first-order valence-corrected chi connectivity index (χ1v) is 11.2. The lowest BCUT2D eigenvalue weighted by atomic mass is 9.85. The minimum atomic E-state index is -3.02. The number of fused-ring (bicyclic) bond motifs is 1. The van der Waals surface area contributed by atoms with Crippen LogP contribution < -0.4 is 16.1 Å². The molecule has 1 unspecified atom stereocenters. The van der Waals surface area contributed by atoms with E-state index in [2.05, 4.69) is 16.1 Å². The fourth-order valence-electron chi connectivity index (χ4n) is 4.28. The number of nitrogens with one attached hydrogen (secondary N) is 3. The molecule has 172 valence electrons. The summed E-state index contributed by atoms with van der Waals surface area (Å²) in [6, 6.07) is 0. The molecule has 2 aliphatic heterocycles. The number of amides is 1. The number of rotatable bonds is 10. The summed E-state index contributed by atoms with van der Waals surface area (Å²) in [5.74, 6) is 0.650. The summed E-state index contributed by atoms with van der Waals surface area (Å²) in [5, 5.41) is 8.04. The maximum absolute atomic E-state index is 13.2. The van der Waals surface area contributed by atoms with Crippen molar-refractivity contribution in [2.24, 2.45) is 11.8 Å². The fraction of sp³-hybridized carbons (Fsp3) is 0.682. The van der Waals surface area contributed by atoms with E-state index in [-0.39, 0.29) is 11.3 Å². The van der Waals surface area contributed by atoms with Gasteiger partial charge in [0.1, 0.15) is 5.76 Å². The van der Waals surface area contributed by atoms with Crippen LogP contribution in [0.5, 0.6) is 0 Å². The molecule has 4 rings (SSSR count). The van der Waals surface area contributed by atoms with Crippen LogP contribution in [0.1, 0.15) is 32.6 Å². The van der Waals surface area contributed by atoms with Gasteiger partial charge in [-0.3, -0.25) is 4.79 Å². The van der Waals surface area contributed by atoms with Crippen LogP contribution in [0.15, 0.2) is 35.3 Å². The van der Waals surface area contributed by atoms with Gasteiger partial charge in [-0.1, -0.05) is 6.08 Å². The number of carbonyl (C=O) groups is 1. The monoisotopic (exact) mass is 438 g/mol. The van der Waals surface area contributed by atoms with Gasteiger partial charge in [0, 0.05) is 31.5 Å². The number of nitrogens with zero attached hydrogens (tertiary/aromatic N) is 1. The first kappa shape index (κ1) is 22.2. The van der Waals surface area contributed by atoms with Crippen molar-refractivity contribution >= 4 is 5.91 Å². The van der Waals surface area contributed by atoms with Crippen LogP contribution in [0.2, 0.25) is 0 Å². The molecule has 9 heteroatoms. The predicted octanol–water partition coefficient (Wildman–Crippen LogP) is 2.05. The smallest absolute Gasteiger partial charge is 0.387 e. The molecule has 1 amide bonds. The number of halogens is 2. The van der Waals surface area contributed by atoms with Gasteiger partial charge in [0.2, 0.25) is 0 Å². The Bertz CT molecular complexity index is 760. The molecule has 2 heterocycles. The van der Waals surface area contributed by atoms with Crippen molar-refractivity contribution in [2.45, 2.75) is 44.8 Å². The van der Waals surface area contributed by atoms with E-state index < -0.39 is 18.1 Å². The molecule has 4 aliphatic rings. The number of hydrogen-bond donors (Lipinski definition) is 3. The summed E-state index contributed by atoms with van der Waals surface area (Å²) in [5.41, 5.74) is 3.33. The molecule has 0 aromatic rings. The van der Waals surface area contributed by atoms with Crippen LogP contribution in [0.25, 0.3) is 0 Å². The molecule has 0 aromatic carbocycles. The van der Waals surface area contributed by atoms with Gasteiger partial charge in [-0.05, 0) is 63.6 Å². The van der Waals surface area contributed by atoms with Crippen LogP contribution >= 0.6 is 0 Å². The zero-order chi connectivity index (χ0) is 21.8. The molecule has 2 fully saturated rings. The molecular formula is C22H32F2N4O3. The maximum atomic E-state index is 13.2. The van der Waals surface area contributed by atoms with Gasteiger partial charge in [0.25, 0.3) is 5.91 Å². The van der Waals surface area contributed by atoms with Crippen molar-refractivity contribution in [3.05, 3.63) is 35.3 Å². The number of alkyl halides is 2. The Kier molecular flexibility index (Phi) is 6.93. The molecule has 0 aromatic heterocycles. The summed E-state index contributed by atoms with van der Waals surface area (Å²) in [6.07, 6.45) is 9.74. The van der Waals surface area contributed by atoms with Gasteiger partial charge in [-0.15, -0.1) is 0 Å². The Morgan fingerprint density at radius 3 is 2.77 bits per heavy atom. The molecule has 1 saturated carbocycles. The molecule has 0 radical (unpaired) electrons. The average Bonchev–Trinajstić information content (AvgIpc) is 3.49. The molecule has 1 atom stereocenters. The minimum absolute atomic E-state index is 0.0725. The van der Waals surface area contributed by atoms with Gasteiger partial charge in [-0.2, -0.15) is 8.78 Å². The Morgan fingerprint density at radius 1 is 1.29 bits per heavy atom. The van der Waals surface area contributed by atoms with Crippen molar-refractivity contribution in [1.82, 2.24) is 21.1 Å². The Morgan fingerprint density at radius 2 is 2.06 bits per heavy atom. The maximum Gasteiger partial charge on any atom is 0.387 e. The fourth-order valence-corrected chi connectivity index (χ4v) is 4.28. The van der Waals surface area contributed by atoms with E-state index >= 15 is 0 Å². The van der Waals surface area contributed by atoms with Crippen LogP contribution in [-0.4, -0.2) is 62.5 Å². The van der Waals surface area contributed by atoms with Crippen LogP contribution in [0.4, 0.5) is 8.78 Å². The van der Waals surface area contributed by atoms with Crippen molar-refractivity contribution < 1.29 is 23.0 Å². The van der Waals surface area contributed by atoms with Gasteiger partial charge >= 0.3 is 6.61 Å². The minimum Gasteiger partial charge on any atom is -0.434 e. The lowest BCUT2D eigenvalue weighted by molar-refractivity contribution is -0.118. The van der Waals surface area contributed by atoms with Crippen molar-refractivity contribution in [3.8, 4) is 0 Å². The van der Waals surface area contributed by atoms with Crippen molar-refractivity contribution in [2.75, 3.05) is 39.4 Å². The Labute approximate surface area is 181 Å².